The van der Waals surface area contributed by atoms with Crippen LogP contribution in [0.5, 0.6) is 0 Å². The molecule has 10 heteroatoms. The number of thioether (sulfide) groups is 1. The Morgan fingerprint density at radius 2 is 1.96 bits per heavy atom. The van der Waals surface area contributed by atoms with Crippen molar-refractivity contribution < 1.29 is 24.2 Å². The number of aliphatic hydroxyl groups excluding tert-OH is 2. The number of nitrogens with two attached hydrogens (primary N) is 1. The molecule has 4 atom stereocenters. The Morgan fingerprint density at radius 1 is 1.33 bits per heavy atom. The number of carbonyl (C=O) groups is 2. The smallest absolute Gasteiger partial charge is 0.274 e. The molecule has 7 N–H and O–H groups in total. The van der Waals surface area contributed by atoms with Gasteiger partial charge in [0, 0.05) is 11.6 Å². The van der Waals surface area contributed by atoms with Crippen LogP contribution >= 0.6 is 11.8 Å². The van der Waals surface area contributed by atoms with Crippen LogP contribution in [-0.4, -0.2) is 51.5 Å². The van der Waals surface area contributed by atoms with E-state index < -0.39 is 35.4 Å². The van der Waals surface area contributed by atoms with Gasteiger partial charge in [0.2, 0.25) is 5.91 Å². The minimum Gasteiger partial charge on any atom is -0.395 e. The van der Waals surface area contributed by atoms with E-state index in [1.54, 1.807) is 19.9 Å². The number of nitrogens with one attached hydrogen (secondary N) is 3. The van der Waals surface area contributed by atoms with Crippen LogP contribution < -0.4 is 21.7 Å². The summed E-state index contributed by atoms with van der Waals surface area (Å²) in [4.78, 5) is 24.2. The lowest BCUT2D eigenvalue weighted by atomic mass is 10.1. The quantitative estimate of drug-likeness (QED) is 0.314. The first-order valence-corrected chi connectivity index (χ1v) is 9.70. The third-order valence-electron chi connectivity index (χ3n) is 3.94. The third kappa shape index (κ3) is 6.40. The molecule has 4 unspecified atom stereocenters. The molecule has 8 nitrogen and oxygen atoms in total. The highest BCUT2D eigenvalue weighted by atomic mass is 32.2. The molecule has 0 saturated carbocycles. The summed E-state index contributed by atoms with van der Waals surface area (Å²) in [5.74, 6) is -0.914. The lowest BCUT2D eigenvalue weighted by Crippen LogP contribution is -2.41. The van der Waals surface area contributed by atoms with Gasteiger partial charge in [0.15, 0.2) is 0 Å². The molecule has 0 radical (unpaired) electrons. The molecule has 1 aliphatic heterocycles. The molecule has 0 bridgehead atoms. The van der Waals surface area contributed by atoms with Gasteiger partial charge in [-0.1, -0.05) is 20.8 Å². The molecule has 27 heavy (non-hydrogen) atoms. The maximum Gasteiger partial charge on any atom is 0.274 e. The summed E-state index contributed by atoms with van der Waals surface area (Å²) in [6.45, 7) is 6.43. The van der Waals surface area contributed by atoms with Crippen molar-refractivity contribution >= 4 is 23.6 Å². The molecule has 0 aliphatic carbocycles. The summed E-state index contributed by atoms with van der Waals surface area (Å²) in [5.41, 5.74) is 5.94. The number of amides is 2. The van der Waals surface area contributed by atoms with Crippen molar-refractivity contribution in [2.24, 2.45) is 11.7 Å². The van der Waals surface area contributed by atoms with Crippen LogP contribution in [0.25, 0.3) is 0 Å². The van der Waals surface area contributed by atoms with E-state index in [2.05, 4.69) is 16.0 Å². The van der Waals surface area contributed by atoms with E-state index in [-0.39, 0.29) is 29.0 Å². The van der Waals surface area contributed by atoms with Gasteiger partial charge in [-0.2, -0.15) is 0 Å². The summed E-state index contributed by atoms with van der Waals surface area (Å²) in [6.07, 6.45) is -0.686. The summed E-state index contributed by atoms with van der Waals surface area (Å²) >= 11 is 1.04. The van der Waals surface area contributed by atoms with Crippen LogP contribution in [0.4, 0.5) is 4.39 Å². The van der Waals surface area contributed by atoms with Crippen molar-refractivity contribution in [1.82, 2.24) is 16.0 Å². The Hall–Kier alpha value is -1.78. The topological polar surface area (TPSA) is 137 Å². The zero-order valence-corrected chi connectivity index (χ0v) is 16.8. The predicted molar refractivity (Wildman–Crippen MR) is 103 cm³/mol. The van der Waals surface area contributed by atoms with Crippen molar-refractivity contribution in [1.29, 1.82) is 0 Å². The van der Waals surface area contributed by atoms with Crippen LogP contribution in [0, 0.1) is 5.92 Å². The largest absolute Gasteiger partial charge is 0.395 e. The predicted octanol–water partition coefficient (Wildman–Crippen LogP) is 0.0388. The fourth-order valence-corrected chi connectivity index (χ4v) is 3.59. The van der Waals surface area contributed by atoms with Crippen molar-refractivity contribution in [2.45, 2.75) is 57.0 Å². The number of alkyl halides is 1. The Labute approximate surface area is 162 Å². The lowest BCUT2D eigenvalue weighted by molar-refractivity contribution is -0.123. The van der Waals surface area contributed by atoms with Crippen molar-refractivity contribution in [3.63, 3.8) is 0 Å². The van der Waals surface area contributed by atoms with Gasteiger partial charge >= 0.3 is 0 Å². The minimum absolute atomic E-state index is 0.161. The second kappa shape index (κ2) is 10.5. The standard InChI is InChI=1S/C17H29FN4O4S/c1-5-6-11(21-15(25)8(2)3)22-16(26)13(19)9(4)20-17-14(24)12(18)10(7-23)27-17/h6,8,10,12,14,17,20,23-24H,5,7,19H2,1-4H3,(H,21,25)(H,22,26)/b11-6+,13-9-. The first-order chi connectivity index (χ1) is 12.6. The van der Waals surface area contributed by atoms with Gasteiger partial charge in [-0.15, -0.1) is 11.8 Å². The molecule has 0 aromatic carbocycles. The molecule has 1 heterocycles. The molecule has 0 spiro atoms. The van der Waals surface area contributed by atoms with Crippen molar-refractivity contribution in [2.75, 3.05) is 6.61 Å². The second-order valence-corrected chi connectivity index (χ2v) is 7.91. The summed E-state index contributed by atoms with van der Waals surface area (Å²) < 4.78 is 13.8. The van der Waals surface area contributed by atoms with Gasteiger partial charge in [-0.3, -0.25) is 9.59 Å². The summed E-state index contributed by atoms with van der Waals surface area (Å²) in [5, 5.41) is 25.5. The number of hydrogen-bond acceptors (Lipinski definition) is 7. The average molecular weight is 405 g/mol. The molecule has 1 saturated heterocycles. The van der Waals surface area contributed by atoms with E-state index >= 15 is 0 Å². The Morgan fingerprint density at radius 3 is 2.44 bits per heavy atom. The normalized spacial score (nSPS) is 26.6. The molecule has 154 valence electrons. The SMILES string of the molecule is CC/C=C(/NC(=O)/C(N)=C(\C)NC1SC(CO)C(F)C1O)NC(=O)C(C)C. The van der Waals surface area contributed by atoms with E-state index in [9.17, 15) is 19.1 Å². The van der Waals surface area contributed by atoms with Crippen LogP contribution in [-0.2, 0) is 9.59 Å². The second-order valence-electron chi connectivity index (χ2n) is 6.52. The fraction of sp³-hybridized carbons (Fsp3) is 0.647. The van der Waals surface area contributed by atoms with E-state index in [1.165, 1.54) is 6.92 Å². The van der Waals surface area contributed by atoms with Gasteiger partial charge in [0.25, 0.3) is 5.91 Å². The first-order valence-electron chi connectivity index (χ1n) is 8.76. The van der Waals surface area contributed by atoms with Gasteiger partial charge < -0.3 is 31.9 Å². The van der Waals surface area contributed by atoms with Gasteiger partial charge in [-0.25, -0.2) is 4.39 Å². The maximum absolute atomic E-state index is 13.8. The maximum atomic E-state index is 13.8. The van der Waals surface area contributed by atoms with E-state index in [4.69, 9.17) is 10.8 Å². The molecule has 0 aromatic rings. The van der Waals surface area contributed by atoms with Crippen LogP contribution in [0.15, 0.2) is 23.3 Å². The van der Waals surface area contributed by atoms with Crippen LogP contribution in [0.3, 0.4) is 0 Å². The summed E-state index contributed by atoms with van der Waals surface area (Å²) in [6, 6.07) is 0. The number of carbonyl (C=O) groups excluding carboxylic acids is 2. The highest BCUT2D eigenvalue weighted by molar-refractivity contribution is 8.00. The summed E-state index contributed by atoms with van der Waals surface area (Å²) in [7, 11) is 0. The molecule has 1 fully saturated rings. The number of hydrogen-bond donors (Lipinski definition) is 6. The fourth-order valence-electron chi connectivity index (χ4n) is 2.26. The molecule has 1 aliphatic rings. The first kappa shape index (κ1) is 23.3. The Kier molecular flexibility index (Phi) is 9.07. The Balaban J connectivity index is 2.79. The highest BCUT2D eigenvalue weighted by Gasteiger charge is 2.43. The Bertz CT molecular complexity index is 612. The zero-order valence-electron chi connectivity index (χ0n) is 16.0. The number of allylic oxidation sites excluding steroid dienone is 2. The van der Waals surface area contributed by atoms with Crippen molar-refractivity contribution in [3.8, 4) is 0 Å². The third-order valence-corrected chi connectivity index (χ3v) is 5.39. The molecular formula is C17H29FN4O4S. The average Bonchev–Trinajstić information content (AvgIpc) is 2.88. The van der Waals surface area contributed by atoms with Gasteiger partial charge in [0.1, 0.15) is 29.2 Å². The molecular weight excluding hydrogens is 375 g/mol. The minimum atomic E-state index is -1.58. The zero-order chi connectivity index (χ0) is 20.7. The van der Waals surface area contributed by atoms with E-state index in [1.807, 2.05) is 6.92 Å². The van der Waals surface area contributed by atoms with E-state index in [0.29, 0.717) is 6.42 Å². The molecule has 0 aromatic heterocycles. The number of aliphatic hydroxyl groups is 2. The molecule has 2 amide bonds. The van der Waals surface area contributed by atoms with Crippen molar-refractivity contribution in [3.05, 3.63) is 23.3 Å². The van der Waals surface area contributed by atoms with Gasteiger partial charge in [0.05, 0.1) is 11.9 Å². The number of rotatable bonds is 8. The number of halogens is 1. The molecule has 1 rings (SSSR count). The highest BCUT2D eigenvalue weighted by Crippen LogP contribution is 2.35. The monoisotopic (exact) mass is 404 g/mol. The lowest BCUT2D eigenvalue weighted by Gasteiger charge is -2.19. The van der Waals surface area contributed by atoms with Crippen LogP contribution in [0.1, 0.15) is 34.1 Å². The van der Waals surface area contributed by atoms with E-state index in [0.717, 1.165) is 11.8 Å². The van der Waals surface area contributed by atoms with Gasteiger partial charge in [-0.05, 0) is 19.4 Å². The van der Waals surface area contributed by atoms with Crippen LogP contribution in [0.2, 0.25) is 0 Å².